The number of thioether (sulfide) groups is 1. The molecule has 1 atom stereocenters. The van der Waals surface area contributed by atoms with E-state index in [-0.39, 0.29) is 23.0 Å². The summed E-state index contributed by atoms with van der Waals surface area (Å²) in [5.74, 6) is -0.630. The average Bonchev–Trinajstić information content (AvgIpc) is 3.23. The van der Waals surface area contributed by atoms with E-state index in [0.29, 0.717) is 50.2 Å². The van der Waals surface area contributed by atoms with Crippen LogP contribution in [0.4, 0.5) is 17.1 Å². The van der Waals surface area contributed by atoms with E-state index >= 15 is 0 Å². The van der Waals surface area contributed by atoms with Crippen LogP contribution in [0.15, 0.2) is 131 Å². The van der Waals surface area contributed by atoms with E-state index in [1.807, 2.05) is 54.0 Å². The Bertz CT molecular complexity index is 2570. The van der Waals surface area contributed by atoms with Gasteiger partial charge in [-0.25, -0.2) is 13.1 Å². The van der Waals surface area contributed by atoms with Crippen molar-refractivity contribution in [3.8, 4) is 11.1 Å². The second-order valence-electron chi connectivity index (χ2n) is 13.0. The summed E-state index contributed by atoms with van der Waals surface area (Å²) in [6.07, 6.45) is 0.616. The van der Waals surface area contributed by atoms with Gasteiger partial charge in [-0.3, -0.25) is 19.8 Å². The largest absolute Gasteiger partial charge is 0.376 e. The van der Waals surface area contributed by atoms with Crippen LogP contribution in [-0.2, 0) is 16.6 Å². The lowest BCUT2D eigenvalue weighted by molar-refractivity contribution is -0.384. The van der Waals surface area contributed by atoms with E-state index in [4.69, 9.17) is 22.6 Å². The van der Waals surface area contributed by atoms with Crippen LogP contribution in [0.3, 0.4) is 0 Å². The summed E-state index contributed by atoms with van der Waals surface area (Å²) in [5.41, 5.74) is 0.532. The molecule has 292 valence electrons. The maximum absolute atomic E-state index is 13.5. The molecular weight excluding hydrogens is 768 g/mol. The van der Waals surface area contributed by atoms with Crippen molar-refractivity contribution < 1.29 is 29.1 Å². The van der Waals surface area contributed by atoms with Crippen LogP contribution >= 0.6 is 23.4 Å². The van der Waals surface area contributed by atoms with E-state index in [2.05, 4.69) is 5.32 Å². The third-order valence-corrected chi connectivity index (χ3v) is 11.4. The normalized spacial score (nSPS) is 19.8. The average molecular weight is 821 g/mol. The smallest absolute Gasteiger partial charge is 0.293 e. The molecule has 5 aromatic rings. The third kappa shape index (κ3) is 10.9. The highest BCUT2D eigenvalue weighted by molar-refractivity contribution is 7.99. The Hall–Kier alpha value is -4.92. The zero-order valence-electron chi connectivity index (χ0n) is 38.5. The van der Waals surface area contributed by atoms with Crippen molar-refractivity contribution in [2.45, 2.75) is 28.8 Å². The fraction of sp³-hybridized carbons (Fsp3) is 0.262. The van der Waals surface area contributed by atoms with Gasteiger partial charge in [-0.15, -0.1) is 11.8 Å². The first-order valence-electron chi connectivity index (χ1n) is 21.4. The molecule has 0 saturated carbocycles. The van der Waals surface area contributed by atoms with Crippen LogP contribution in [0.2, 0.25) is 5.02 Å². The number of nitrogens with zero attached hydrogens (tertiary/aromatic N) is 4. The molecule has 0 aromatic heterocycles. The number of carbonyl (C=O) groups excluding carboxylic acids is 1. The Balaban J connectivity index is 1.21. The molecule has 1 saturated heterocycles. The van der Waals surface area contributed by atoms with Crippen molar-refractivity contribution in [1.82, 2.24) is 14.5 Å². The highest BCUT2D eigenvalue weighted by Gasteiger charge is 2.26. The fourth-order valence-corrected chi connectivity index (χ4v) is 7.84. The summed E-state index contributed by atoms with van der Waals surface area (Å²) < 4.78 is 101. The maximum Gasteiger partial charge on any atom is 0.293 e. The fourth-order valence-electron chi connectivity index (χ4n) is 5.72. The minimum Gasteiger partial charge on any atom is -0.376 e. The zero-order valence-corrected chi connectivity index (χ0v) is 32.9. The van der Waals surface area contributed by atoms with Gasteiger partial charge in [-0.1, -0.05) is 66.2 Å². The van der Waals surface area contributed by atoms with Gasteiger partial charge in [0.05, 0.1) is 15.3 Å². The number of anilines is 2. The molecule has 6 rings (SSSR count). The number of hydrogen-bond acceptors (Lipinski definition) is 10. The first-order chi connectivity index (χ1) is 30.0. The van der Waals surface area contributed by atoms with Gasteiger partial charge < -0.3 is 15.1 Å². The highest BCUT2D eigenvalue weighted by Crippen LogP contribution is 2.31. The van der Waals surface area contributed by atoms with Crippen LogP contribution in [0.1, 0.15) is 33.3 Å². The summed E-state index contributed by atoms with van der Waals surface area (Å²) in [7, 11) is -0.905. The van der Waals surface area contributed by atoms with Gasteiger partial charge >= 0.3 is 0 Å². The maximum atomic E-state index is 13.5. The van der Waals surface area contributed by atoms with Crippen LogP contribution < -0.4 is 14.9 Å². The minimum atomic E-state index is -4.71. The lowest BCUT2D eigenvalue weighted by Crippen LogP contribution is -2.46. The predicted octanol–water partition coefficient (Wildman–Crippen LogP) is 7.88. The number of nitro benzene ring substituents is 1. The number of hydrogen-bond donors (Lipinski definition) is 2. The molecule has 1 amide bonds. The number of amides is 1. The number of nitrogens with one attached hydrogen (secondary N) is 2. The lowest BCUT2D eigenvalue weighted by Gasteiger charge is -2.36. The van der Waals surface area contributed by atoms with Gasteiger partial charge in [0.1, 0.15) is 5.69 Å². The van der Waals surface area contributed by atoms with Gasteiger partial charge in [0.15, 0.2) is 0 Å². The Morgan fingerprint density at radius 3 is 2.29 bits per heavy atom. The second kappa shape index (κ2) is 18.8. The van der Waals surface area contributed by atoms with Gasteiger partial charge in [0, 0.05) is 77.0 Å². The molecular formula is C42H45ClN6O5S2. The standard InChI is InChI=1S/C42H45ClN6O5S2/c1-46(2)23-22-35(30-55-37-9-4-3-5-10-37)44-40-21-20-38(28-41(40)49(51)52)56(53,54)45-42(50)32-14-18-36(19-15-32)48-26-24-47(25-27-48)29-33-8-6-7-11-39(33)31-12-16-34(43)17-13-31/h3-21,28,35,44H,22-27,29-30H2,1-2H3,(H,45,50)/t35-/m1/s1/i24D2,25D2,26D2,27D2. The number of piperazine rings is 1. The molecule has 1 aliphatic rings. The van der Waals surface area contributed by atoms with E-state index < -0.39 is 64.0 Å². The summed E-state index contributed by atoms with van der Waals surface area (Å²) in [6, 6.07) is 30.2. The third-order valence-electron chi connectivity index (χ3n) is 8.66. The highest BCUT2D eigenvalue weighted by atomic mass is 35.5. The monoisotopic (exact) mass is 820 g/mol. The van der Waals surface area contributed by atoms with Crippen molar-refractivity contribution in [1.29, 1.82) is 0 Å². The SMILES string of the molecule is [2H]C1([2H])N(Cc2ccccc2-c2ccc(Cl)cc2)C([2H])([2H])C([2H])([2H])N(c2ccc(C(=O)NS(=O)(=O)c3ccc(N[C@H](CCN(C)C)CSc4ccccc4)c([N+](=O)[O-])c3)cc2)C1([2H])[2H]. The van der Waals surface area contributed by atoms with Crippen molar-refractivity contribution in [2.75, 3.05) is 62.6 Å². The van der Waals surface area contributed by atoms with Crippen molar-refractivity contribution in [3.63, 3.8) is 0 Å². The second-order valence-corrected chi connectivity index (χ2v) is 16.2. The van der Waals surface area contributed by atoms with Crippen molar-refractivity contribution in [2.24, 2.45) is 0 Å². The number of sulfonamides is 1. The molecule has 1 aliphatic heterocycles. The van der Waals surface area contributed by atoms with Gasteiger partial charge in [0.25, 0.3) is 21.6 Å². The molecule has 56 heavy (non-hydrogen) atoms. The summed E-state index contributed by atoms with van der Waals surface area (Å²) in [5, 5.41) is 15.9. The molecule has 5 aromatic carbocycles. The molecule has 0 unspecified atom stereocenters. The molecule has 0 aliphatic carbocycles. The lowest BCUT2D eigenvalue weighted by atomic mass is 9.99. The predicted molar refractivity (Wildman–Crippen MR) is 226 cm³/mol. The van der Waals surface area contributed by atoms with E-state index in [0.717, 1.165) is 41.3 Å². The molecule has 2 N–H and O–H groups in total. The number of nitro groups is 1. The van der Waals surface area contributed by atoms with E-state index in [1.165, 1.54) is 6.07 Å². The Morgan fingerprint density at radius 1 is 0.929 bits per heavy atom. The van der Waals surface area contributed by atoms with Crippen LogP contribution in [0.25, 0.3) is 11.1 Å². The van der Waals surface area contributed by atoms with Crippen LogP contribution in [-0.4, -0.2) is 87.5 Å². The number of halogens is 1. The topological polar surface area (TPSA) is 128 Å². The molecule has 1 fully saturated rings. The number of rotatable bonds is 16. The van der Waals surface area contributed by atoms with Gasteiger partial charge in [0.2, 0.25) is 0 Å². The van der Waals surface area contributed by atoms with Crippen molar-refractivity contribution in [3.05, 3.63) is 148 Å². The first-order valence-corrected chi connectivity index (χ1v) is 20.3. The Labute approximate surface area is 349 Å². The summed E-state index contributed by atoms with van der Waals surface area (Å²) >= 11 is 7.63. The molecule has 11 nitrogen and oxygen atoms in total. The first kappa shape index (κ1) is 31.2. The zero-order chi connectivity index (χ0) is 46.8. The summed E-state index contributed by atoms with van der Waals surface area (Å²) in [4.78, 5) is 28.1. The van der Waals surface area contributed by atoms with Gasteiger partial charge in [-0.2, -0.15) is 0 Å². The summed E-state index contributed by atoms with van der Waals surface area (Å²) in [6.45, 7) is -12.7. The molecule has 0 radical (unpaired) electrons. The van der Waals surface area contributed by atoms with Crippen LogP contribution in [0.5, 0.6) is 0 Å². The van der Waals surface area contributed by atoms with Crippen LogP contribution in [0, 0.1) is 10.1 Å². The van der Waals surface area contributed by atoms with E-state index in [9.17, 15) is 23.3 Å². The number of carbonyl (C=O) groups is 1. The van der Waals surface area contributed by atoms with Crippen molar-refractivity contribution >= 4 is 56.4 Å². The number of benzene rings is 5. The molecule has 0 spiro atoms. The van der Waals surface area contributed by atoms with E-state index in [1.54, 1.807) is 60.3 Å². The minimum absolute atomic E-state index is 0.0837. The Kier molecular flexibility index (Phi) is 10.5. The molecule has 1 heterocycles. The molecule has 14 heteroatoms. The molecule has 0 bridgehead atoms. The quantitative estimate of drug-likeness (QED) is 0.0577. The Morgan fingerprint density at radius 2 is 1.61 bits per heavy atom. The van der Waals surface area contributed by atoms with Gasteiger partial charge in [-0.05, 0) is 104 Å².